The van der Waals surface area contributed by atoms with E-state index in [0.29, 0.717) is 11.3 Å². The molecule has 0 aliphatic carbocycles. The highest BCUT2D eigenvalue weighted by Crippen LogP contribution is 2.25. The van der Waals surface area contributed by atoms with Crippen molar-refractivity contribution in [1.29, 1.82) is 0 Å². The Hall–Kier alpha value is -2.73. The predicted molar refractivity (Wildman–Crippen MR) is 92.1 cm³/mol. The Morgan fingerprint density at radius 2 is 1.72 bits per heavy atom. The number of piperidine rings is 1. The van der Waals surface area contributed by atoms with E-state index in [1.807, 2.05) is 36.4 Å². The van der Waals surface area contributed by atoms with E-state index in [9.17, 15) is 14.7 Å². The summed E-state index contributed by atoms with van der Waals surface area (Å²) in [6, 6.07) is 13.3. The fourth-order valence-electron chi connectivity index (χ4n) is 3.02. The molecule has 1 aliphatic rings. The van der Waals surface area contributed by atoms with Gasteiger partial charge in [0.25, 0.3) is 5.91 Å². The molecule has 1 saturated heterocycles. The molecule has 0 atom stereocenters. The number of likely N-dealkylation sites (tertiary alicyclic amines) is 1. The van der Waals surface area contributed by atoms with Crippen LogP contribution in [0.3, 0.4) is 0 Å². The zero-order chi connectivity index (χ0) is 18.0. The monoisotopic (exact) mass is 340 g/mol. The Balaban J connectivity index is 1.76. The van der Waals surface area contributed by atoms with E-state index in [-0.39, 0.29) is 31.8 Å². The summed E-state index contributed by atoms with van der Waals surface area (Å²) in [6.07, 6.45) is 0.0608. The number of nitrogens with zero attached hydrogens (tertiary/aromatic N) is 2. The van der Waals surface area contributed by atoms with Crippen LogP contribution in [0.5, 0.6) is 0 Å². The third-order valence-electron chi connectivity index (χ3n) is 4.66. The zero-order valence-corrected chi connectivity index (χ0v) is 14.0. The van der Waals surface area contributed by atoms with Gasteiger partial charge in [-0.05, 0) is 19.1 Å². The molecular formula is C19H20N2O4. The second-order valence-corrected chi connectivity index (χ2v) is 6.32. The molecule has 0 unspecified atom stereocenters. The lowest BCUT2D eigenvalue weighted by Gasteiger charge is -2.35. The zero-order valence-electron chi connectivity index (χ0n) is 14.0. The van der Waals surface area contributed by atoms with Crippen LogP contribution < -0.4 is 0 Å². The van der Waals surface area contributed by atoms with Crippen molar-refractivity contribution in [2.45, 2.75) is 25.4 Å². The van der Waals surface area contributed by atoms with Crippen molar-refractivity contribution in [2.24, 2.45) is 0 Å². The van der Waals surface area contributed by atoms with Crippen LogP contribution in [0.1, 0.15) is 28.9 Å². The average molecular weight is 340 g/mol. The highest BCUT2D eigenvalue weighted by Gasteiger charge is 2.40. The quantitative estimate of drug-likeness (QED) is 0.893. The van der Waals surface area contributed by atoms with Crippen LogP contribution in [0.25, 0.3) is 11.3 Å². The van der Waals surface area contributed by atoms with Crippen LogP contribution in [0.15, 0.2) is 42.5 Å². The predicted octanol–water partition coefficient (Wildman–Crippen LogP) is 2.11. The van der Waals surface area contributed by atoms with Crippen molar-refractivity contribution in [3.8, 4) is 11.3 Å². The standard InChI is InChI=1S/C19H20N2O4/c1-13-15(7-8-16(20-13)14-5-3-2-4-6-14)17(22)21-11-9-19(25,10-12-21)18(23)24/h2-8,25H,9-12H2,1H3,(H,23,24). The first-order chi connectivity index (χ1) is 11.9. The number of aliphatic carboxylic acids is 1. The molecule has 130 valence electrons. The van der Waals surface area contributed by atoms with Crippen LogP contribution in [0.4, 0.5) is 0 Å². The van der Waals surface area contributed by atoms with Crippen LogP contribution in [0, 0.1) is 6.92 Å². The van der Waals surface area contributed by atoms with Crippen LogP contribution in [0.2, 0.25) is 0 Å². The number of carboxylic acids is 1. The molecule has 1 amide bonds. The van der Waals surface area contributed by atoms with Gasteiger partial charge in [0.15, 0.2) is 5.60 Å². The minimum atomic E-state index is -1.73. The maximum Gasteiger partial charge on any atom is 0.335 e. The molecule has 0 radical (unpaired) electrons. The average Bonchev–Trinajstić information content (AvgIpc) is 2.62. The van der Waals surface area contributed by atoms with Crippen molar-refractivity contribution in [3.63, 3.8) is 0 Å². The Morgan fingerprint density at radius 3 is 2.28 bits per heavy atom. The number of rotatable bonds is 3. The summed E-state index contributed by atoms with van der Waals surface area (Å²) in [7, 11) is 0. The largest absolute Gasteiger partial charge is 0.479 e. The van der Waals surface area contributed by atoms with Gasteiger partial charge in [-0.15, -0.1) is 0 Å². The summed E-state index contributed by atoms with van der Waals surface area (Å²) in [5, 5.41) is 19.0. The highest BCUT2D eigenvalue weighted by molar-refractivity contribution is 5.95. The Morgan fingerprint density at radius 1 is 1.08 bits per heavy atom. The van der Waals surface area contributed by atoms with Crippen LogP contribution >= 0.6 is 0 Å². The van der Waals surface area contributed by atoms with Crippen molar-refractivity contribution in [1.82, 2.24) is 9.88 Å². The SMILES string of the molecule is Cc1nc(-c2ccccc2)ccc1C(=O)N1CCC(O)(C(=O)O)CC1. The Kier molecular flexibility index (Phi) is 4.55. The third kappa shape index (κ3) is 3.39. The topological polar surface area (TPSA) is 90.7 Å². The van der Waals surface area contributed by atoms with Crippen molar-refractivity contribution >= 4 is 11.9 Å². The van der Waals surface area contributed by atoms with E-state index >= 15 is 0 Å². The minimum absolute atomic E-state index is 0.0304. The molecular weight excluding hydrogens is 320 g/mol. The van der Waals surface area contributed by atoms with Gasteiger partial charge in [-0.3, -0.25) is 9.78 Å². The number of hydrogen-bond acceptors (Lipinski definition) is 4. The number of hydrogen-bond donors (Lipinski definition) is 2. The lowest BCUT2D eigenvalue weighted by atomic mass is 9.91. The number of carbonyl (C=O) groups is 2. The fourth-order valence-corrected chi connectivity index (χ4v) is 3.02. The number of aliphatic hydroxyl groups is 1. The first-order valence-electron chi connectivity index (χ1n) is 8.19. The molecule has 1 aromatic heterocycles. The molecule has 6 heteroatoms. The normalized spacial score (nSPS) is 16.5. The summed E-state index contributed by atoms with van der Waals surface area (Å²) < 4.78 is 0. The number of carboxylic acid groups (broad SMARTS) is 1. The summed E-state index contributed by atoms with van der Waals surface area (Å²) >= 11 is 0. The van der Waals surface area contributed by atoms with E-state index in [1.54, 1.807) is 17.9 Å². The van der Waals surface area contributed by atoms with Gasteiger partial charge >= 0.3 is 5.97 Å². The molecule has 1 aromatic carbocycles. The van der Waals surface area contributed by atoms with Gasteiger partial charge in [0.1, 0.15) is 0 Å². The first kappa shape index (κ1) is 17.1. The minimum Gasteiger partial charge on any atom is -0.479 e. The smallest absolute Gasteiger partial charge is 0.335 e. The Bertz CT molecular complexity index is 796. The number of aromatic nitrogens is 1. The van der Waals surface area contributed by atoms with E-state index in [0.717, 1.165) is 11.3 Å². The molecule has 2 aromatic rings. The molecule has 0 saturated carbocycles. The van der Waals surface area contributed by atoms with Gasteiger partial charge in [0, 0.05) is 31.5 Å². The summed E-state index contributed by atoms with van der Waals surface area (Å²) in [4.78, 5) is 29.9. The number of carbonyl (C=O) groups excluding carboxylic acids is 1. The molecule has 3 rings (SSSR count). The molecule has 2 N–H and O–H groups in total. The molecule has 2 heterocycles. The lowest BCUT2D eigenvalue weighted by Crippen LogP contribution is -2.50. The van der Waals surface area contributed by atoms with Gasteiger partial charge in [-0.25, -0.2) is 4.79 Å². The molecule has 1 aliphatic heterocycles. The van der Waals surface area contributed by atoms with Crippen molar-refractivity contribution in [3.05, 3.63) is 53.7 Å². The second kappa shape index (κ2) is 6.64. The number of benzene rings is 1. The van der Waals surface area contributed by atoms with Crippen molar-refractivity contribution in [2.75, 3.05) is 13.1 Å². The van der Waals surface area contributed by atoms with Crippen LogP contribution in [-0.4, -0.2) is 50.7 Å². The molecule has 1 fully saturated rings. The van der Waals surface area contributed by atoms with Gasteiger partial charge < -0.3 is 15.1 Å². The molecule has 0 spiro atoms. The number of amides is 1. The Labute approximate surface area is 145 Å². The van der Waals surface area contributed by atoms with Gasteiger partial charge in [0.05, 0.1) is 17.0 Å². The lowest BCUT2D eigenvalue weighted by molar-refractivity contribution is -0.162. The van der Waals surface area contributed by atoms with E-state index in [2.05, 4.69) is 4.98 Å². The second-order valence-electron chi connectivity index (χ2n) is 6.32. The van der Waals surface area contributed by atoms with Crippen LogP contribution in [-0.2, 0) is 4.79 Å². The molecule has 25 heavy (non-hydrogen) atoms. The third-order valence-corrected chi connectivity index (χ3v) is 4.66. The summed E-state index contributed by atoms with van der Waals surface area (Å²) in [5.41, 5.74) is 1.18. The first-order valence-corrected chi connectivity index (χ1v) is 8.19. The van der Waals surface area contributed by atoms with Gasteiger partial charge in [-0.1, -0.05) is 30.3 Å². The molecule has 6 nitrogen and oxygen atoms in total. The van der Waals surface area contributed by atoms with E-state index < -0.39 is 11.6 Å². The van der Waals surface area contributed by atoms with E-state index in [4.69, 9.17) is 5.11 Å². The van der Waals surface area contributed by atoms with E-state index in [1.165, 1.54) is 0 Å². The number of aryl methyl sites for hydroxylation is 1. The maximum absolute atomic E-state index is 12.7. The fraction of sp³-hybridized carbons (Fsp3) is 0.316. The number of pyridine rings is 1. The van der Waals surface area contributed by atoms with Gasteiger partial charge in [-0.2, -0.15) is 0 Å². The highest BCUT2D eigenvalue weighted by atomic mass is 16.4. The summed E-state index contributed by atoms with van der Waals surface area (Å²) in [5.74, 6) is -1.42. The maximum atomic E-state index is 12.7. The van der Waals surface area contributed by atoms with Gasteiger partial charge in [0.2, 0.25) is 0 Å². The molecule has 0 bridgehead atoms. The summed E-state index contributed by atoms with van der Waals surface area (Å²) in [6.45, 7) is 2.21. The van der Waals surface area contributed by atoms with Crippen molar-refractivity contribution < 1.29 is 19.8 Å².